The van der Waals surface area contributed by atoms with E-state index in [0.29, 0.717) is 0 Å². The Bertz CT molecular complexity index is 2510. The van der Waals surface area contributed by atoms with E-state index in [1.165, 1.54) is 60.9 Å². The fraction of sp³-hybridized carbons (Fsp3) is 0.0370. The van der Waals surface area contributed by atoms with Crippen molar-refractivity contribution in [3.8, 4) is 0 Å². The molecule has 8 aromatic carbocycles. The van der Waals surface area contributed by atoms with Crippen LogP contribution in [-0.2, 0) is 0 Å². The number of aryl methyl sites for hydroxylation is 2. The summed E-state index contributed by atoms with van der Waals surface area (Å²) in [5.41, 5.74) is 15.4. The first kappa shape index (κ1) is 35.1. The second-order valence-electron chi connectivity index (χ2n) is 13.9. The quantitative estimate of drug-likeness (QED) is 0.101. The zero-order valence-electron chi connectivity index (χ0n) is 31.3. The highest BCUT2D eigenvalue weighted by atomic mass is 15.1. The standard InChI is InChI=1S/C54H43N/c1-40-25-31-46(32-26-40)53(47-33-27-41(2)28-34-47)39-42-29-36-49(37-30-42)55(48-20-10-5-11-21-48)54-38-35-45(51-22-12-13-23-52(51)54)19-14-24-50(43-15-6-3-7-16-43)44-17-8-4-9-18-44/h3-39H,1-2H3/b19-14+. The van der Waals surface area contributed by atoms with Crippen LogP contribution in [0.3, 0.4) is 0 Å². The van der Waals surface area contributed by atoms with E-state index < -0.39 is 0 Å². The van der Waals surface area contributed by atoms with Crippen molar-refractivity contribution in [3.63, 3.8) is 0 Å². The number of nitrogens with zero attached hydrogens (tertiary/aromatic N) is 1. The fourth-order valence-corrected chi connectivity index (χ4v) is 7.18. The zero-order chi connectivity index (χ0) is 37.4. The molecule has 0 N–H and O–H groups in total. The number of anilines is 3. The van der Waals surface area contributed by atoms with Gasteiger partial charge in [0, 0.05) is 16.8 Å². The molecule has 8 rings (SSSR count). The molecular formula is C54H43N. The first-order valence-corrected chi connectivity index (χ1v) is 18.9. The van der Waals surface area contributed by atoms with Gasteiger partial charge in [-0.1, -0.05) is 199 Å². The molecule has 0 saturated heterocycles. The van der Waals surface area contributed by atoms with Crippen molar-refractivity contribution in [2.24, 2.45) is 0 Å². The number of hydrogen-bond acceptors (Lipinski definition) is 1. The van der Waals surface area contributed by atoms with Gasteiger partial charge in [-0.2, -0.15) is 0 Å². The van der Waals surface area contributed by atoms with Crippen molar-refractivity contribution in [1.82, 2.24) is 0 Å². The molecular weight excluding hydrogens is 663 g/mol. The predicted octanol–water partition coefficient (Wildman–Crippen LogP) is 14.7. The summed E-state index contributed by atoms with van der Waals surface area (Å²) >= 11 is 0. The van der Waals surface area contributed by atoms with Gasteiger partial charge in [-0.05, 0) is 100 Å². The second-order valence-corrected chi connectivity index (χ2v) is 13.9. The maximum Gasteiger partial charge on any atom is 0.0540 e. The molecule has 0 radical (unpaired) electrons. The minimum absolute atomic E-state index is 1.10. The minimum Gasteiger partial charge on any atom is -0.310 e. The van der Waals surface area contributed by atoms with E-state index in [2.05, 4.69) is 243 Å². The van der Waals surface area contributed by atoms with Crippen LogP contribution < -0.4 is 4.90 Å². The molecule has 0 aliphatic rings. The lowest BCUT2D eigenvalue weighted by molar-refractivity contribution is 1.29. The van der Waals surface area contributed by atoms with Gasteiger partial charge in [0.2, 0.25) is 0 Å². The summed E-state index contributed by atoms with van der Waals surface area (Å²) in [6, 6.07) is 71.7. The lowest BCUT2D eigenvalue weighted by Gasteiger charge is -2.27. The van der Waals surface area contributed by atoms with Crippen molar-refractivity contribution in [2.75, 3.05) is 4.90 Å². The van der Waals surface area contributed by atoms with Crippen LogP contribution in [0.1, 0.15) is 44.5 Å². The van der Waals surface area contributed by atoms with Crippen LogP contribution in [0.25, 0.3) is 34.1 Å². The smallest absolute Gasteiger partial charge is 0.0540 e. The van der Waals surface area contributed by atoms with Crippen LogP contribution in [0.15, 0.2) is 212 Å². The van der Waals surface area contributed by atoms with Gasteiger partial charge in [0.25, 0.3) is 0 Å². The van der Waals surface area contributed by atoms with Crippen molar-refractivity contribution in [3.05, 3.63) is 257 Å². The molecule has 0 heterocycles. The Morgan fingerprint density at radius 3 is 1.44 bits per heavy atom. The summed E-state index contributed by atoms with van der Waals surface area (Å²) in [5, 5.41) is 2.39. The largest absolute Gasteiger partial charge is 0.310 e. The number of rotatable bonds is 10. The number of para-hydroxylation sites is 1. The van der Waals surface area contributed by atoms with Crippen LogP contribution >= 0.6 is 0 Å². The second kappa shape index (κ2) is 16.4. The topological polar surface area (TPSA) is 3.24 Å². The van der Waals surface area contributed by atoms with E-state index in [9.17, 15) is 0 Å². The molecule has 0 aliphatic heterocycles. The molecule has 0 saturated carbocycles. The summed E-state index contributed by atoms with van der Waals surface area (Å²) in [6.07, 6.45) is 8.94. The summed E-state index contributed by atoms with van der Waals surface area (Å²) in [4.78, 5) is 2.37. The maximum atomic E-state index is 2.37. The summed E-state index contributed by atoms with van der Waals surface area (Å²) in [6.45, 7) is 4.27. The fourth-order valence-electron chi connectivity index (χ4n) is 7.18. The van der Waals surface area contributed by atoms with Gasteiger partial charge in [0.1, 0.15) is 0 Å². The summed E-state index contributed by atoms with van der Waals surface area (Å²) in [5.74, 6) is 0. The van der Waals surface area contributed by atoms with Crippen molar-refractivity contribution in [1.29, 1.82) is 0 Å². The minimum atomic E-state index is 1.10. The van der Waals surface area contributed by atoms with Crippen LogP contribution in [-0.4, -0.2) is 0 Å². The molecule has 0 atom stereocenters. The molecule has 264 valence electrons. The lowest BCUT2D eigenvalue weighted by atomic mass is 9.94. The number of allylic oxidation sites excluding steroid dienone is 2. The van der Waals surface area contributed by atoms with Crippen LogP contribution in [0.4, 0.5) is 17.1 Å². The first-order valence-electron chi connectivity index (χ1n) is 18.9. The third-order valence-electron chi connectivity index (χ3n) is 10.1. The maximum absolute atomic E-state index is 2.37. The molecule has 0 amide bonds. The molecule has 8 aromatic rings. The third-order valence-corrected chi connectivity index (χ3v) is 10.1. The molecule has 0 aliphatic carbocycles. The molecule has 1 heteroatoms. The van der Waals surface area contributed by atoms with E-state index in [1.807, 2.05) is 0 Å². The normalized spacial score (nSPS) is 11.0. The Hall–Kier alpha value is -6.96. The monoisotopic (exact) mass is 705 g/mol. The van der Waals surface area contributed by atoms with Gasteiger partial charge in [-0.3, -0.25) is 0 Å². The Morgan fingerprint density at radius 2 is 0.873 bits per heavy atom. The van der Waals surface area contributed by atoms with Crippen LogP contribution in [0.5, 0.6) is 0 Å². The highest BCUT2D eigenvalue weighted by Crippen LogP contribution is 2.40. The van der Waals surface area contributed by atoms with Gasteiger partial charge in [0.05, 0.1) is 5.69 Å². The number of benzene rings is 8. The zero-order valence-corrected chi connectivity index (χ0v) is 31.3. The summed E-state index contributed by atoms with van der Waals surface area (Å²) < 4.78 is 0. The van der Waals surface area contributed by atoms with Gasteiger partial charge in [-0.15, -0.1) is 0 Å². The van der Waals surface area contributed by atoms with E-state index in [4.69, 9.17) is 0 Å². The van der Waals surface area contributed by atoms with Crippen LogP contribution in [0, 0.1) is 13.8 Å². The molecule has 0 bridgehead atoms. The molecule has 0 unspecified atom stereocenters. The van der Waals surface area contributed by atoms with Crippen molar-refractivity contribution < 1.29 is 0 Å². The molecule has 1 nitrogen and oxygen atoms in total. The Kier molecular flexibility index (Phi) is 10.4. The molecule has 55 heavy (non-hydrogen) atoms. The average molecular weight is 706 g/mol. The van der Waals surface area contributed by atoms with Gasteiger partial charge in [0.15, 0.2) is 0 Å². The van der Waals surface area contributed by atoms with E-state index in [-0.39, 0.29) is 0 Å². The first-order chi connectivity index (χ1) is 27.1. The van der Waals surface area contributed by atoms with Crippen molar-refractivity contribution >= 4 is 51.1 Å². The third kappa shape index (κ3) is 8.03. The van der Waals surface area contributed by atoms with Gasteiger partial charge in [-0.25, -0.2) is 0 Å². The Morgan fingerprint density at radius 1 is 0.400 bits per heavy atom. The highest BCUT2D eigenvalue weighted by Gasteiger charge is 2.16. The highest BCUT2D eigenvalue weighted by molar-refractivity contribution is 6.03. The SMILES string of the molecule is Cc1ccc(C(=Cc2ccc(N(c3ccccc3)c3ccc(/C=C/C=C(c4ccccc4)c4ccccc4)c4ccccc34)cc2)c2ccc(C)cc2)cc1. The van der Waals surface area contributed by atoms with Crippen LogP contribution in [0.2, 0.25) is 0 Å². The lowest BCUT2D eigenvalue weighted by Crippen LogP contribution is -2.10. The molecule has 0 aromatic heterocycles. The molecule has 0 fully saturated rings. The van der Waals surface area contributed by atoms with E-state index >= 15 is 0 Å². The van der Waals surface area contributed by atoms with Crippen molar-refractivity contribution in [2.45, 2.75) is 13.8 Å². The number of fused-ring (bicyclic) bond motifs is 1. The average Bonchev–Trinajstić information content (AvgIpc) is 3.24. The number of hydrogen-bond donors (Lipinski definition) is 0. The van der Waals surface area contributed by atoms with E-state index in [1.54, 1.807) is 0 Å². The van der Waals surface area contributed by atoms with Gasteiger partial charge < -0.3 is 4.90 Å². The van der Waals surface area contributed by atoms with Gasteiger partial charge >= 0.3 is 0 Å². The van der Waals surface area contributed by atoms with E-state index in [0.717, 1.165) is 22.6 Å². The predicted molar refractivity (Wildman–Crippen MR) is 237 cm³/mol. The molecule has 0 spiro atoms. The Labute approximate surface area is 325 Å². The summed E-state index contributed by atoms with van der Waals surface area (Å²) in [7, 11) is 0. The Balaban J connectivity index is 1.18.